The molecule has 0 spiro atoms. The summed E-state index contributed by atoms with van der Waals surface area (Å²) in [6.45, 7) is 15.4. The zero-order valence-corrected chi connectivity index (χ0v) is 57.8. The number of likely N-dealkylation sites (N-methyl/N-ethyl adjacent to an activating group) is 2. The van der Waals surface area contributed by atoms with Gasteiger partial charge in [-0.2, -0.15) is 8.61 Å². The molecular formula is C70H122N8O7S2. The van der Waals surface area contributed by atoms with Gasteiger partial charge in [0.05, 0.1) is 47.0 Å². The van der Waals surface area contributed by atoms with Crippen molar-refractivity contribution >= 4 is 53.7 Å². The minimum atomic E-state index is -3.56. The Morgan fingerprint density at radius 3 is 1.02 bits per heavy atom. The molecule has 0 aliphatic rings. The quantitative estimate of drug-likeness (QED) is 0.0384. The normalized spacial score (nSPS) is 13.2. The van der Waals surface area contributed by atoms with E-state index in [2.05, 4.69) is 56.8 Å². The van der Waals surface area contributed by atoms with Crippen molar-refractivity contribution in [2.24, 2.45) is 11.8 Å². The van der Waals surface area contributed by atoms with Gasteiger partial charge in [0.2, 0.25) is 20.0 Å². The number of imidazole rings is 2. The number of fused-ring (bicyclic) bond motifs is 2. The van der Waals surface area contributed by atoms with Crippen molar-refractivity contribution in [3.8, 4) is 0 Å². The molecular weight excluding hydrogens is 1130 g/mol. The topological polar surface area (TPSA) is 180 Å². The Morgan fingerprint density at radius 2 is 0.724 bits per heavy atom. The zero-order valence-electron chi connectivity index (χ0n) is 56.1. The molecule has 4 aromatic heterocycles. The number of aryl methyl sites for hydroxylation is 4. The molecule has 0 saturated heterocycles. The summed E-state index contributed by atoms with van der Waals surface area (Å²) in [5.74, 6) is 2.46. The van der Waals surface area contributed by atoms with E-state index in [1.54, 1.807) is 38.9 Å². The summed E-state index contributed by atoms with van der Waals surface area (Å²) in [6.07, 6.45) is 48.7. The van der Waals surface area contributed by atoms with E-state index in [-0.39, 0.29) is 34.9 Å². The van der Waals surface area contributed by atoms with Gasteiger partial charge < -0.3 is 13.9 Å². The van der Waals surface area contributed by atoms with E-state index in [0.29, 0.717) is 64.5 Å². The van der Waals surface area contributed by atoms with E-state index >= 15 is 0 Å². The number of sulfonamides is 2. The summed E-state index contributed by atoms with van der Waals surface area (Å²) >= 11 is 0. The largest absolute Gasteiger partial charge is 0.381 e. The highest BCUT2D eigenvalue weighted by Gasteiger charge is 2.33. The van der Waals surface area contributed by atoms with Crippen molar-refractivity contribution in [3.05, 3.63) is 48.6 Å². The third-order valence-electron chi connectivity index (χ3n) is 17.9. The van der Waals surface area contributed by atoms with Crippen LogP contribution in [0.4, 0.5) is 0 Å². The van der Waals surface area contributed by atoms with E-state index in [4.69, 9.17) is 4.74 Å². The molecule has 0 bridgehead atoms. The molecule has 0 saturated carbocycles. The van der Waals surface area contributed by atoms with Crippen LogP contribution in [0.2, 0.25) is 0 Å². The summed E-state index contributed by atoms with van der Waals surface area (Å²) in [5.41, 5.74) is 3.73. The molecule has 17 heteroatoms. The van der Waals surface area contributed by atoms with Gasteiger partial charge >= 0.3 is 0 Å². The third-order valence-corrected chi connectivity index (χ3v) is 21.7. The van der Waals surface area contributed by atoms with Crippen molar-refractivity contribution in [2.45, 2.75) is 311 Å². The second-order valence-corrected chi connectivity index (χ2v) is 30.7. The first kappa shape index (κ1) is 75.8. The van der Waals surface area contributed by atoms with Gasteiger partial charge in [-0.1, -0.05) is 195 Å². The van der Waals surface area contributed by atoms with Crippen LogP contribution in [0.25, 0.3) is 22.1 Å². The highest BCUT2D eigenvalue weighted by molar-refractivity contribution is 7.89. The molecule has 0 aliphatic carbocycles. The first-order chi connectivity index (χ1) is 41.9. The molecule has 0 aromatic carbocycles. The molecule has 15 nitrogen and oxygen atoms in total. The van der Waals surface area contributed by atoms with Crippen LogP contribution in [-0.2, 0) is 47.5 Å². The lowest BCUT2D eigenvalue weighted by Crippen LogP contribution is -2.44. The molecule has 0 fully saturated rings. The van der Waals surface area contributed by atoms with Gasteiger partial charge in [-0.05, 0) is 102 Å². The number of ketones is 2. The number of ether oxygens (including phenoxy) is 1. The van der Waals surface area contributed by atoms with Crippen LogP contribution in [0.5, 0.6) is 0 Å². The monoisotopic (exact) mass is 1250 g/mol. The third kappa shape index (κ3) is 30.4. The molecule has 0 unspecified atom stereocenters. The minimum Gasteiger partial charge on any atom is -0.381 e. The SMILES string of the molecule is Cc1nc2cnccc2n1CCCCS(=O)(=O)N(C)[C@@H](CC(C)C)C(=O)CCCCCCCCCCCCCCCCCOCCCCCCCCCCCCCCCCCC(=O)[C@H](CC(C)C)N(C)S(=O)(=O)CCCCn1c(C)nc2cnccc21. The fraction of sp³-hybridized carbons (Fsp3) is 0.800. The number of nitrogens with zero attached hydrogens (tertiary/aromatic N) is 8. The van der Waals surface area contributed by atoms with Crippen LogP contribution < -0.4 is 0 Å². The van der Waals surface area contributed by atoms with Crippen molar-refractivity contribution in [1.29, 1.82) is 0 Å². The molecule has 4 aromatic rings. The van der Waals surface area contributed by atoms with Gasteiger partial charge in [-0.3, -0.25) is 19.6 Å². The van der Waals surface area contributed by atoms with Crippen LogP contribution in [0.3, 0.4) is 0 Å². The average molecular weight is 1250 g/mol. The number of rotatable bonds is 56. The maximum Gasteiger partial charge on any atom is 0.214 e. The number of hydrogen-bond donors (Lipinski definition) is 0. The zero-order chi connectivity index (χ0) is 63.1. The molecule has 2 atom stereocenters. The molecule has 0 N–H and O–H groups in total. The predicted octanol–water partition coefficient (Wildman–Crippen LogP) is 17.0. The second kappa shape index (κ2) is 44.0. The lowest BCUT2D eigenvalue weighted by atomic mass is 9.97. The van der Waals surface area contributed by atoms with Crippen molar-refractivity contribution in [3.63, 3.8) is 0 Å². The predicted molar refractivity (Wildman–Crippen MR) is 361 cm³/mol. The van der Waals surface area contributed by atoms with E-state index in [9.17, 15) is 26.4 Å². The Kier molecular flexibility index (Phi) is 38.3. The highest BCUT2D eigenvalue weighted by atomic mass is 32.2. The fourth-order valence-corrected chi connectivity index (χ4v) is 15.3. The van der Waals surface area contributed by atoms with Crippen molar-refractivity contribution in [2.75, 3.05) is 38.8 Å². The van der Waals surface area contributed by atoms with Crippen LogP contribution in [0.1, 0.15) is 283 Å². The van der Waals surface area contributed by atoms with E-state index in [1.165, 1.54) is 163 Å². The number of Topliss-reactive ketones (excluding diaryl/α,β-unsaturated/α-hetero) is 2. The lowest BCUT2D eigenvalue weighted by Gasteiger charge is -2.28. The Balaban J connectivity index is 0.844. The standard InChI is InChI=1S/C70H122N8O7S2/c1-59(2)55-67(75(7)86(81,82)53-41-37-49-77-61(5)73-63-57-71-47-45-65(63)77)69(79)43-35-31-27-23-19-15-11-9-13-17-21-25-29-33-39-51-85-52-40-34-30-26-22-18-14-10-12-16-20-24-28-32-36-44-70(80)68(56-60(3)4)76(8)87(83,84)54-42-38-50-78-62(6)74-64-58-72-48-46-66(64)78/h45-48,57-60,67-68H,9-44,49-56H2,1-8H3/t67-,68-/m0/s1. The smallest absolute Gasteiger partial charge is 0.214 e. The van der Waals surface area contributed by atoms with Crippen molar-refractivity contribution in [1.82, 2.24) is 37.7 Å². The van der Waals surface area contributed by atoms with Crippen LogP contribution >= 0.6 is 0 Å². The summed E-state index contributed by atoms with van der Waals surface area (Å²) in [4.78, 5) is 44.3. The molecule has 87 heavy (non-hydrogen) atoms. The summed E-state index contributed by atoms with van der Waals surface area (Å²) in [6, 6.07) is 2.71. The first-order valence-electron chi connectivity index (χ1n) is 35.0. The number of carbonyl (C=O) groups excluding carboxylic acids is 2. The molecule has 0 radical (unpaired) electrons. The fourth-order valence-electron chi connectivity index (χ4n) is 12.4. The molecule has 4 heterocycles. The summed E-state index contributed by atoms with van der Waals surface area (Å²) < 4.78 is 66.6. The average Bonchev–Trinajstić information content (AvgIpc) is 2.30. The minimum absolute atomic E-state index is 0.0389. The molecule has 496 valence electrons. The Morgan fingerprint density at radius 1 is 0.437 bits per heavy atom. The molecule has 0 aliphatic heterocycles. The number of aromatic nitrogens is 6. The van der Waals surface area contributed by atoms with E-state index < -0.39 is 32.1 Å². The number of hydrogen-bond acceptors (Lipinski definition) is 11. The Hall–Kier alpha value is -3.64. The number of pyridine rings is 2. The van der Waals surface area contributed by atoms with E-state index in [0.717, 1.165) is 85.5 Å². The lowest BCUT2D eigenvalue weighted by molar-refractivity contribution is -0.123. The van der Waals surface area contributed by atoms with Gasteiger partial charge in [0.25, 0.3) is 0 Å². The summed E-state index contributed by atoms with van der Waals surface area (Å²) in [5, 5.41) is 0. The maximum absolute atomic E-state index is 13.4. The van der Waals surface area contributed by atoms with Gasteiger partial charge in [0.1, 0.15) is 22.7 Å². The van der Waals surface area contributed by atoms with Crippen molar-refractivity contribution < 1.29 is 31.2 Å². The van der Waals surface area contributed by atoms with E-state index in [1.807, 2.05) is 26.0 Å². The number of carbonyl (C=O) groups is 2. The first-order valence-corrected chi connectivity index (χ1v) is 38.2. The molecule has 0 amide bonds. The van der Waals surface area contributed by atoms with Crippen LogP contribution in [0, 0.1) is 25.7 Å². The summed E-state index contributed by atoms with van der Waals surface area (Å²) in [7, 11) is -3.91. The van der Waals surface area contributed by atoms with Gasteiger partial charge in [0, 0.05) is 65.6 Å². The maximum atomic E-state index is 13.4. The van der Waals surface area contributed by atoms with Gasteiger partial charge in [-0.15, -0.1) is 0 Å². The number of unbranched alkanes of at least 4 members (excludes halogenated alkanes) is 30. The van der Waals surface area contributed by atoms with Crippen LogP contribution in [-0.4, -0.2) is 117 Å². The Labute approximate surface area is 529 Å². The van der Waals surface area contributed by atoms with Crippen LogP contribution in [0.15, 0.2) is 36.9 Å². The molecule has 4 rings (SSSR count). The van der Waals surface area contributed by atoms with Gasteiger partial charge in [-0.25, -0.2) is 26.8 Å². The second-order valence-electron chi connectivity index (χ2n) is 26.4. The van der Waals surface area contributed by atoms with Gasteiger partial charge in [0.15, 0.2) is 11.6 Å². The Bertz CT molecular complexity index is 2530. The highest BCUT2D eigenvalue weighted by Crippen LogP contribution is 2.24.